The summed E-state index contributed by atoms with van der Waals surface area (Å²) in [6.45, 7) is -0.163. The Bertz CT molecular complexity index is 635. The van der Waals surface area contributed by atoms with Gasteiger partial charge in [-0.15, -0.1) is 0 Å². The fraction of sp³-hybridized carbons (Fsp3) is 0.154. The Kier molecular flexibility index (Phi) is 4.76. The first kappa shape index (κ1) is 14.6. The monoisotopic (exact) mass is 311 g/mol. The molecule has 0 spiro atoms. The minimum absolute atomic E-state index is 0.0964. The Morgan fingerprint density at radius 2 is 2.10 bits per heavy atom. The van der Waals surface area contributed by atoms with Crippen molar-refractivity contribution in [1.82, 2.24) is 9.97 Å². The summed E-state index contributed by atoms with van der Waals surface area (Å²) in [4.78, 5) is 19.8. The van der Waals surface area contributed by atoms with Gasteiger partial charge in [-0.2, -0.15) is 4.98 Å². The summed E-state index contributed by atoms with van der Waals surface area (Å²) >= 11 is 11.6. The van der Waals surface area contributed by atoms with Crippen molar-refractivity contribution in [3.05, 3.63) is 46.3 Å². The van der Waals surface area contributed by atoms with E-state index in [1.807, 2.05) is 0 Å². The number of ketones is 1. The molecule has 0 radical (unpaired) electrons. The van der Waals surface area contributed by atoms with Gasteiger partial charge in [0, 0.05) is 12.6 Å². The topological polar surface area (TPSA) is 64.1 Å². The van der Waals surface area contributed by atoms with Crippen LogP contribution in [0.25, 0.3) is 0 Å². The van der Waals surface area contributed by atoms with Gasteiger partial charge in [0.2, 0.25) is 11.1 Å². The molecule has 7 heteroatoms. The zero-order valence-corrected chi connectivity index (χ0v) is 12.1. The van der Waals surface area contributed by atoms with E-state index in [1.165, 1.54) is 6.20 Å². The number of rotatable bonds is 5. The Balaban J connectivity index is 2.09. The maximum Gasteiger partial charge on any atom is 0.224 e. The lowest BCUT2D eigenvalue weighted by Gasteiger charge is -2.09. The van der Waals surface area contributed by atoms with Gasteiger partial charge in [-0.25, -0.2) is 4.98 Å². The predicted octanol–water partition coefficient (Wildman–Crippen LogP) is 3.09. The third kappa shape index (κ3) is 3.37. The van der Waals surface area contributed by atoms with Gasteiger partial charge in [0.15, 0.2) is 18.2 Å². The first-order valence-corrected chi connectivity index (χ1v) is 6.48. The summed E-state index contributed by atoms with van der Waals surface area (Å²) in [5, 5.41) is 3.30. The van der Waals surface area contributed by atoms with Gasteiger partial charge in [-0.3, -0.25) is 4.79 Å². The molecule has 0 fully saturated rings. The van der Waals surface area contributed by atoms with Crippen LogP contribution in [0.15, 0.2) is 30.5 Å². The molecular formula is C13H11Cl2N3O2. The Hall–Kier alpha value is -1.85. The highest BCUT2D eigenvalue weighted by molar-refractivity contribution is 6.34. The summed E-state index contributed by atoms with van der Waals surface area (Å²) in [5.41, 5.74) is 0.412. The van der Waals surface area contributed by atoms with Gasteiger partial charge in [-0.1, -0.05) is 23.7 Å². The molecule has 1 heterocycles. The van der Waals surface area contributed by atoms with E-state index in [9.17, 15) is 4.79 Å². The molecule has 0 bridgehead atoms. The number of nitrogens with one attached hydrogen (secondary N) is 1. The van der Waals surface area contributed by atoms with Crippen LogP contribution in [-0.4, -0.2) is 29.4 Å². The quantitative estimate of drug-likeness (QED) is 0.679. The second kappa shape index (κ2) is 6.54. The van der Waals surface area contributed by atoms with Gasteiger partial charge >= 0.3 is 0 Å². The van der Waals surface area contributed by atoms with Crippen molar-refractivity contribution in [2.75, 3.05) is 19.0 Å². The largest absolute Gasteiger partial charge is 0.480 e. The number of aromatic nitrogens is 2. The first-order valence-electron chi connectivity index (χ1n) is 5.72. The predicted molar refractivity (Wildman–Crippen MR) is 77.9 cm³/mol. The number of halogens is 2. The van der Waals surface area contributed by atoms with Crippen LogP contribution in [0, 0.1) is 0 Å². The van der Waals surface area contributed by atoms with Crippen LogP contribution in [0.2, 0.25) is 10.3 Å². The minimum Gasteiger partial charge on any atom is -0.480 e. The summed E-state index contributed by atoms with van der Waals surface area (Å²) in [6, 6.07) is 6.79. The lowest BCUT2D eigenvalue weighted by molar-refractivity contribution is 0.0922. The molecule has 2 rings (SSSR count). The second-order valence-electron chi connectivity index (χ2n) is 3.79. The third-order valence-electron chi connectivity index (χ3n) is 2.50. The Morgan fingerprint density at radius 1 is 1.35 bits per heavy atom. The standard InChI is InChI=1S/C13H11Cl2N3O2/c1-16-12-11(6-17-13(15)18-12)20-7-10(19)8-4-2-3-5-9(8)14/h2-6H,7H2,1H3,(H,16,17,18). The Morgan fingerprint density at radius 3 is 2.80 bits per heavy atom. The van der Waals surface area contributed by atoms with Crippen molar-refractivity contribution < 1.29 is 9.53 Å². The van der Waals surface area contributed by atoms with Crippen LogP contribution in [0.4, 0.5) is 5.82 Å². The van der Waals surface area contributed by atoms with E-state index in [1.54, 1.807) is 31.3 Å². The number of benzene rings is 1. The van der Waals surface area contributed by atoms with Crippen LogP contribution in [0.1, 0.15) is 10.4 Å². The highest BCUT2D eigenvalue weighted by Gasteiger charge is 2.12. The first-order chi connectivity index (χ1) is 9.61. The number of Topliss-reactive ketones (excluding diaryl/α,β-unsaturated/α-hetero) is 1. The number of ether oxygens (including phenoxy) is 1. The third-order valence-corrected chi connectivity index (χ3v) is 3.01. The average molecular weight is 312 g/mol. The molecule has 0 aliphatic carbocycles. The summed E-state index contributed by atoms with van der Waals surface area (Å²) in [7, 11) is 1.67. The molecule has 0 atom stereocenters. The number of anilines is 1. The van der Waals surface area contributed by atoms with Crippen LogP contribution in [0.3, 0.4) is 0 Å². The van der Waals surface area contributed by atoms with E-state index in [-0.39, 0.29) is 17.7 Å². The molecule has 0 aliphatic rings. The number of hydrogen-bond donors (Lipinski definition) is 1. The van der Waals surface area contributed by atoms with Crippen molar-refractivity contribution in [1.29, 1.82) is 0 Å². The summed E-state index contributed by atoms with van der Waals surface area (Å²) in [6.07, 6.45) is 1.40. The van der Waals surface area contributed by atoms with Gasteiger partial charge in [0.25, 0.3) is 0 Å². The molecular weight excluding hydrogens is 301 g/mol. The zero-order valence-electron chi connectivity index (χ0n) is 10.6. The number of nitrogens with zero attached hydrogens (tertiary/aromatic N) is 2. The minimum atomic E-state index is -0.229. The maximum absolute atomic E-state index is 12.0. The molecule has 2 aromatic rings. The molecule has 20 heavy (non-hydrogen) atoms. The number of carbonyl (C=O) groups excluding carboxylic acids is 1. The van der Waals surface area contributed by atoms with E-state index < -0.39 is 0 Å². The van der Waals surface area contributed by atoms with Gasteiger partial charge < -0.3 is 10.1 Å². The van der Waals surface area contributed by atoms with Crippen LogP contribution < -0.4 is 10.1 Å². The second-order valence-corrected chi connectivity index (χ2v) is 4.54. The van der Waals surface area contributed by atoms with E-state index in [2.05, 4.69) is 15.3 Å². The molecule has 0 saturated carbocycles. The average Bonchev–Trinajstić information content (AvgIpc) is 2.46. The summed E-state index contributed by atoms with van der Waals surface area (Å²) < 4.78 is 5.40. The lowest BCUT2D eigenvalue weighted by atomic mass is 10.1. The normalized spacial score (nSPS) is 10.2. The number of carbonyl (C=O) groups is 1. The van der Waals surface area contributed by atoms with Crippen molar-refractivity contribution >= 4 is 34.8 Å². The lowest BCUT2D eigenvalue weighted by Crippen LogP contribution is -2.13. The fourth-order valence-electron chi connectivity index (χ4n) is 1.54. The van der Waals surface area contributed by atoms with E-state index in [0.29, 0.717) is 22.2 Å². The molecule has 104 valence electrons. The van der Waals surface area contributed by atoms with Gasteiger partial charge in [0.1, 0.15) is 0 Å². The van der Waals surface area contributed by atoms with E-state index >= 15 is 0 Å². The van der Waals surface area contributed by atoms with Crippen LogP contribution in [0.5, 0.6) is 5.75 Å². The van der Waals surface area contributed by atoms with Crippen molar-refractivity contribution in [3.8, 4) is 5.75 Å². The zero-order chi connectivity index (χ0) is 14.5. The van der Waals surface area contributed by atoms with Crippen LogP contribution >= 0.6 is 23.2 Å². The highest BCUT2D eigenvalue weighted by atomic mass is 35.5. The molecule has 1 aromatic heterocycles. The Labute approximate surface area is 125 Å². The maximum atomic E-state index is 12.0. The SMILES string of the molecule is CNc1nc(Cl)ncc1OCC(=O)c1ccccc1Cl. The van der Waals surface area contributed by atoms with Crippen LogP contribution in [-0.2, 0) is 0 Å². The number of hydrogen-bond acceptors (Lipinski definition) is 5. The van der Waals surface area contributed by atoms with E-state index in [4.69, 9.17) is 27.9 Å². The molecule has 0 saturated heterocycles. The van der Waals surface area contributed by atoms with Crippen molar-refractivity contribution in [2.45, 2.75) is 0 Å². The van der Waals surface area contributed by atoms with Gasteiger partial charge in [-0.05, 0) is 23.7 Å². The molecule has 1 N–H and O–H groups in total. The molecule has 1 aromatic carbocycles. The smallest absolute Gasteiger partial charge is 0.224 e. The van der Waals surface area contributed by atoms with Crippen molar-refractivity contribution in [2.24, 2.45) is 0 Å². The van der Waals surface area contributed by atoms with E-state index in [0.717, 1.165) is 0 Å². The van der Waals surface area contributed by atoms with Gasteiger partial charge in [0.05, 0.1) is 11.2 Å². The highest BCUT2D eigenvalue weighted by Crippen LogP contribution is 2.22. The van der Waals surface area contributed by atoms with Crippen molar-refractivity contribution in [3.63, 3.8) is 0 Å². The molecule has 0 amide bonds. The molecule has 5 nitrogen and oxygen atoms in total. The molecule has 0 aliphatic heterocycles. The molecule has 0 unspecified atom stereocenters. The fourth-order valence-corrected chi connectivity index (χ4v) is 1.92. The summed E-state index contributed by atoms with van der Waals surface area (Å²) in [5.74, 6) is 0.530.